The van der Waals surface area contributed by atoms with Crippen LogP contribution in [0.4, 0.5) is 17.1 Å². The van der Waals surface area contributed by atoms with E-state index in [1.54, 1.807) is 0 Å². The van der Waals surface area contributed by atoms with Crippen LogP contribution >= 0.6 is 35.0 Å². The van der Waals surface area contributed by atoms with Crippen LogP contribution in [-0.4, -0.2) is 20.7 Å². The van der Waals surface area contributed by atoms with E-state index in [0.717, 1.165) is 24.0 Å². The fourth-order valence-corrected chi connectivity index (χ4v) is 3.12. The van der Waals surface area contributed by atoms with Gasteiger partial charge in [0.1, 0.15) is 6.20 Å². The summed E-state index contributed by atoms with van der Waals surface area (Å²) in [6, 6.07) is 3.76. The van der Waals surface area contributed by atoms with Gasteiger partial charge in [-0.3, -0.25) is 25.0 Å². The maximum atomic E-state index is 11.4. The predicted octanol–water partition coefficient (Wildman–Crippen LogP) is 4.31. The molecule has 0 bridgehead atoms. The monoisotopic (exact) mass is 402 g/mol. The van der Waals surface area contributed by atoms with Crippen LogP contribution in [0.15, 0.2) is 34.3 Å². The van der Waals surface area contributed by atoms with Crippen molar-refractivity contribution in [3.63, 3.8) is 0 Å². The lowest BCUT2D eigenvalue weighted by molar-refractivity contribution is -0.396. The third-order valence-corrected chi connectivity index (χ3v) is 4.66. The minimum Gasteiger partial charge on any atom is -0.324 e. The van der Waals surface area contributed by atoms with E-state index in [1.165, 1.54) is 19.1 Å². The van der Waals surface area contributed by atoms with Gasteiger partial charge in [-0.1, -0.05) is 35.0 Å². The van der Waals surface area contributed by atoms with Gasteiger partial charge in [0.15, 0.2) is 5.03 Å². The van der Waals surface area contributed by atoms with Crippen molar-refractivity contribution in [1.29, 1.82) is 0 Å². The lowest BCUT2D eigenvalue weighted by Crippen LogP contribution is -2.07. The molecule has 130 valence electrons. The molecular weight excluding hydrogens is 395 g/mol. The maximum Gasteiger partial charge on any atom is 0.308 e. The normalized spacial score (nSPS) is 10.4. The number of hydrogen-bond acceptors (Lipinski definition) is 7. The molecule has 1 heterocycles. The molecule has 0 aliphatic heterocycles. The summed E-state index contributed by atoms with van der Waals surface area (Å²) < 4.78 is 0. The van der Waals surface area contributed by atoms with Gasteiger partial charge in [-0.2, -0.15) is 0 Å². The molecule has 25 heavy (non-hydrogen) atoms. The molecule has 2 rings (SSSR count). The lowest BCUT2D eigenvalue weighted by Gasteiger charge is -2.12. The Bertz CT molecular complexity index is 893. The molecule has 0 saturated carbocycles. The number of hydrogen-bond donors (Lipinski definition) is 1. The molecule has 0 radical (unpaired) electrons. The van der Waals surface area contributed by atoms with Gasteiger partial charge in [0.25, 0.3) is 5.69 Å². The second-order valence-electron chi connectivity index (χ2n) is 4.55. The second-order valence-corrected chi connectivity index (χ2v) is 6.37. The molecule has 9 nitrogen and oxygen atoms in total. The van der Waals surface area contributed by atoms with E-state index in [4.69, 9.17) is 23.2 Å². The first-order valence-electron chi connectivity index (χ1n) is 6.43. The van der Waals surface area contributed by atoms with Crippen LogP contribution in [0.2, 0.25) is 10.0 Å². The Hall–Kier alpha value is -2.43. The van der Waals surface area contributed by atoms with Gasteiger partial charge in [0.05, 0.1) is 31.6 Å². The summed E-state index contributed by atoms with van der Waals surface area (Å²) in [7, 11) is 0. The molecule has 2 aromatic rings. The van der Waals surface area contributed by atoms with Crippen LogP contribution in [0, 0.1) is 20.2 Å². The standard InChI is InChI=1S/C13H8Cl2N4O5S/c1-6(20)17-12-10(3-2-8(14)11(12)15)25-13-9(19(23)24)4-7(5-16-13)18(21)22/h2-5H,1H3,(H,17,20). The highest BCUT2D eigenvalue weighted by Gasteiger charge is 2.23. The van der Waals surface area contributed by atoms with Crippen LogP contribution in [0.25, 0.3) is 0 Å². The van der Waals surface area contributed by atoms with Crippen LogP contribution < -0.4 is 5.32 Å². The molecular formula is C13H8Cl2N4O5S. The number of amides is 1. The van der Waals surface area contributed by atoms with Gasteiger partial charge in [-0.25, -0.2) is 4.98 Å². The fraction of sp³-hybridized carbons (Fsp3) is 0.0769. The minimum atomic E-state index is -0.781. The Morgan fingerprint density at radius 1 is 1.24 bits per heavy atom. The summed E-state index contributed by atoms with van der Waals surface area (Å²) >= 11 is 12.8. The zero-order valence-corrected chi connectivity index (χ0v) is 14.7. The number of rotatable bonds is 5. The first kappa shape index (κ1) is 18.9. The number of halogens is 2. The Labute approximate surface area is 154 Å². The number of benzene rings is 1. The van der Waals surface area contributed by atoms with E-state index < -0.39 is 27.1 Å². The highest BCUT2D eigenvalue weighted by molar-refractivity contribution is 7.99. The average Bonchev–Trinajstić information content (AvgIpc) is 2.54. The van der Waals surface area contributed by atoms with Crippen LogP contribution in [-0.2, 0) is 4.79 Å². The molecule has 1 N–H and O–H groups in total. The third-order valence-electron chi connectivity index (χ3n) is 2.79. The summed E-state index contributed by atoms with van der Waals surface area (Å²) in [6.45, 7) is 1.26. The van der Waals surface area contributed by atoms with Gasteiger partial charge in [-0.05, 0) is 12.1 Å². The lowest BCUT2D eigenvalue weighted by atomic mass is 10.3. The highest BCUT2D eigenvalue weighted by Crippen LogP contribution is 2.43. The number of pyridine rings is 1. The van der Waals surface area contributed by atoms with Gasteiger partial charge in [0.2, 0.25) is 5.91 Å². The van der Waals surface area contributed by atoms with E-state index >= 15 is 0 Å². The van der Waals surface area contributed by atoms with Crippen LogP contribution in [0.1, 0.15) is 6.92 Å². The van der Waals surface area contributed by atoms with E-state index in [0.29, 0.717) is 4.90 Å². The summed E-state index contributed by atoms with van der Waals surface area (Å²) in [5, 5.41) is 24.6. The quantitative estimate of drug-likeness (QED) is 0.582. The summed E-state index contributed by atoms with van der Waals surface area (Å²) in [6.07, 6.45) is 0.908. The number of nitro groups is 2. The first-order chi connectivity index (χ1) is 11.7. The first-order valence-corrected chi connectivity index (χ1v) is 8.00. The number of anilines is 1. The molecule has 0 fully saturated rings. The van der Waals surface area contributed by atoms with Crippen molar-refractivity contribution >= 4 is 57.9 Å². The van der Waals surface area contributed by atoms with Crippen molar-refractivity contribution in [3.05, 3.63) is 54.7 Å². The molecule has 0 aliphatic carbocycles. The molecule has 12 heteroatoms. The average molecular weight is 403 g/mol. The van der Waals surface area contributed by atoms with E-state index in [1.807, 2.05) is 0 Å². The summed E-state index contributed by atoms with van der Waals surface area (Å²) in [4.78, 5) is 35.9. The number of carbonyl (C=O) groups excluding carboxylic acids is 1. The second kappa shape index (κ2) is 7.64. The highest BCUT2D eigenvalue weighted by atomic mass is 35.5. The number of carbonyl (C=O) groups is 1. The van der Waals surface area contributed by atoms with Gasteiger partial charge in [0, 0.05) is 11.8 Å². The summed E-state index contributed by atoms with van der Waals surface area (Å²) in [5.41, 5.74) is -0.882. The van der Waals surface area contributed by atoms with Gasteiger partial charge in [-0.15, -0.1) is 0 Å². The Balaban J connectivity index is 2.53. The molecule has 1 aromatic heterocycles. The number of nitrogens with one attached hydrogen (secondary N) is 1. The van der Waals surface area contributed by atoms with E-state index in [9.17, 15) is 25.0 Å². The molecule has 1 amide bonds. The topological polar surface area (TPSA) is 128 Å². The Kier molecular flexibility index (Phi) is 5.77. The van der Waals surface area contributed by atoms with Crippen molar-refractivity contribution in [2.75, 3.05) is 5.32 Å². The van der Waals surface area contributed by atoms with E-state index in [2.05, 4.69) is 10.3 Å². The third kappa shape index (κ3) is 4.35. The van der Waals surface area contributed by atoms with Crippen molar-refractivity contribution in [2.24, 2.45) is 0 Å². The van der Waals surface area contributed by atoms with Gasteiger partial charge >= 0.3 is 5.69 Å². The number of nitrogens with zero attached hydrogens (tertiary/aromatic N) is 3. The Morgan fingerprint density at radius 2 is 1.92 bits per heavy atom. The van der Waals surface area contributed by atoms with Crippen molar-refractivity contribution in [1.82, 2.24) is 4.98 Å². The minimum absolute atomic E-state index is 0.0615. The molecule has 0 saturated heterocycles. The molecule has 0 aliphatic rings. The SMILES string of the molecule is CC(=O)Nc1c(Sc2ncc([N+](=O)[O-])cc2[N+](=O)[O-])ccc(Cl)c1Cl. The van der Waals surface area contributed by atoms with Crippen molar-refractivity contribution in [3.8, 4) is 0 Å². The van der Waals surface area contributed by atoms with Crippen LogP contribution in [0.5, 0.6) is 0 Å². The predicted molar refractivity (Wildman–Crippen MR) is 92.4 cm³/mol. The van der Waals surface area contributed by atoms with Crippen molar-refractivity contribution < 1.29 is 14.6 Å². The molecule has 0 spiro atoms. The largest absolute Gasteiger partial charge is 0.324 e. The van der Waals surface area contributed by atoms with Crippen molar-refractivity contribution in [2.45, 2.75) is 16.8 Å². The summed E-state index contributed by atoms with van der Waals surface area (Å²) in [5.74, 6) is -0.419. The molecule has 1 aromatic carbocycles. The number of aromatic nitrogens is 1. The fourth-order valence-electron chi connectivity index (χ4n) is 1.75. The van der Waals surface area contributed by atoms with E-state index in [-0.39, 0.29) is 20.8 Å². The van der Waals surface area contributed by atoms with Gasteiger partial charge < -0.3 is 5.32 Å². The zero-order valence-electron chi connectivity index (χ0n) is 12.4. The molecule has 0 atom stereocenters. The Morgan fingerprint density at radius 3 is 2.48 bits per heavy atom. The maximum absolute atomic E-state index is 11.4. The smallest absolute Gasteiger partial charge is 0.308 e. The molecule has 0 unspecified atom stereocenters. The van der Waals surface area contributed by atoms with Crippen LogP contribution in [0.3, 0.4) is 0 Å². The zero-order chi connectivity index (χ0) is 18.7.